The highest BCUT2D eigenvalue weighted by Crippen LogP contribution is 2.35. The summed E-state index contributed by atoms with van der Waals surface area (Å²) in [4.78, 5) is 5.15. The van der Waals surface area contributed by atoms with Gasteiger partial charge in [0.05, 0.1) is 11.2 Å². The third-order valence-corrected chi connectivity index (χ3v) is 3.90. The molecule has 4 heteroatoms. The van der Waals surface area contributed by atoms with Crippen molar-refractivity contribution in [2.24, 2.45) is 0 Å². The number of nitrogens with zero attached hydrogens (tertiary/aromatic N) is 1. The van der Waals surface area contributed by atoms with E-state index in [-0.39, 0.29) is 0 Å². The van der Waals surface area contributed by atoms with E-state index in [0.29, 0.717) is 6.42 Å². The minimum atomic E-state index is -0.895. The Morgan fingerprint density at radius 3 is 2.93 bits per heavy atom. The summed E-state index contributed by atoms with van der Waals surface area (Å²) >= 11 is 3.08. The SMILES string of the molecule is CCC(O)(c1cscn1)c1cccs1. The molecule has 2 nitrogen and oxygen atoms in total. The lowest BCUT2D eigenvalue weighted by Crippen LogP contribution is -2.25. The molecule has 1 unspecified atom stereocenters. The molecule has 2 heterocycles. The van der Waals surface area contributed by atoms with E-state index in [4.69, 9.17) is 0 Å². The van der Waals surface area contributed by atoms with Crippen molar-refractivity contribution >= 4 is 22.7 Å². The number of hydrogen-bond donors (Lipinski definition) is 1. The Morgan fingerprint density at radius 1 is 1.57 bits per heavy atom. The summed E-state index contributed by atoms with van der Waals surface area (Å²) in [7, 11) is 0. The van der Waals surface area contributed by atoms with Crippen molar-refractivity contribution < 1.29 is 5.11 Å². The zero-order valence-corrected chi connectivity index (χ0v) is 9.44. The van der Waals surface area contributed by atoms with Crippen LogP contribution in [0.2, 0.25) is 0 Å². The van der Waals surface area contributed by atoms with E-state index < -0.39 is 5.60 Å². The van der Waals surface area contributed by atoms with E-state index in [2.05, 4.69) is 4.98 Å². The van der Waals surface area contributed by atoms with Crippen LogP contribution in [0.4, 0.5) is 0 Å². The molecule has 1 atom stereocenters. The molecule has 0 aliphatic heterocycles. The zero-order valence-electron chi connectivity index (χ0n) is 7.80. The molecule has 0 aliphatic carbocycles. The Kier molecular flexibility index (Phi) is 2.67. The Labute approximate surface area is 90.9 Å². The molecule has 0 saturated heterocycles. The predicted octanol–water partition coefficient (Wildman–Crippen LogP) is 2.85. The van der Waals surface area contributed by atoms with E-state index in [0.717, 1.165) is 10.6 Å². The average molecular weight is 225 g/mol. The van der Waals surface area contributed by atoms with Gasteiger partial charge in [-0.15, -0.1) is 22.7 Å². The van der Waals surface area contributed by atoms with E-state index in [1.165, 1.54) is 11.3 Å². The number of rotatable bonds is 3. The van der Waals surface area contributed by atoms with Crippen molar-refractivity contribution in [3.8, 4) is 0 Å². The maximum atomic E-state index is 10.5. The van der Waals surface area contributed by atoms with Crippen LogP contribution in [-0.2, 0) is 5.60 Å². The molecule has 0 fully saturated rings. The average Bonchev–Trinajstić information content (AvgIpc) is 2.88. The van der Waals surface area contributed by atoms with E-state index in [1.807, 2.05) is 29.8 Å². The van der Waals surface area contributed by atoms with Crippen LogP contribution >= 0.6 is 22.7 Å². The summed E-state index contributed by atoms with van der Waals surface area (Å²) in [5.41, 5.74) is 1.62. The fraction of sp³-hybridized carbons (Fsp3) is 0.300. The number of aromatic nitrogens is 1. The topological polar surface area (TPSA) is 33.1 Å². The van der Waals surface area contributed by atoms with Gasteiger partial charge in [-0.25, -0.2) is 4.98 Å². The summed E-state index contributed by atoms with van der Waals surface area (Å²) in [6, 6.07) is 3.90. The van der Waals surface area contributed by atoms with Crippen LogP contribution in [0.25, 0.3) is 0 Å². The normalized spacial score (nSPS) is 15.3. The molecular weight excluding hydrogens is 214 g/mol. The van der Waals surface area contributed by atoms with Crippen molar-refractivity contribution in [3.63, 3.8) is 0 Å². The highest BCUT2D eigenvalue weighted by Gasteiger charge is 2.32. The third-order valence-electron chi connectivity index (χ3n) is 2.30. The van der Waals surface area contributed by atoms with Gasteiger partial charge in [0.15, 0.2) is 0 Å². The lowest BCUT2D eigenvalue weighted by Gasteiger charge is -2.23. The van der Waals surface area contributed by atoms with E-state index in [1.54, 1.807) is 16.8 Å². The third kappa shape index (κ3) is 1.49. The van der Waals surface area contributed by atoms with Crippen molar-refractivity contribution in [1.82, 2.24) is 4.98 Å². The van der Waals surface area contributed by atoms with Crippen molar-refractivity contribution in [2.45, 2.75) is 18.9 Å². The van der Waals surface area contributed by atoms with Gasteiger partial charge < -0.3 is 5.11 Å². The maximum Gasteiger partial charge on any atom is 0.141 e. The van der Waals surface area contributed by atoms with Crippen molar-refractivity contribution in [2.75, 3.05) is 0 Å². The first-order valence-electron chi connectivity index (χ1n) is 4.42. The zero-order chi connectivity index (χ0) is 10.0. The first kappa shape index (κ1) is 9.83. The van der Waals surface area contributed by atoms with Gasteiger partial charge in [0, 0.05) is 10.3 Å². The van der Waals surface area contributed by atoms with Crippen molar-refractivity contribution in [3.05, 3.63) is 39.0 Å². The fourth-order valence-electron chi connectivity index (χ4n) is 1.41. The molecule has 2 aromatic rings. The van der Waals surface area contributed by atoms with Crippen LogP contribution in [0, 0.1) is 0 Å². The van der Waals surface area contributed by atoms with Gasteiger partial charge in [0.25, 0.3) is 0 Å². The molecule has 74 valence electrons. The van der Waals surface area contributed by atoms with Gasteiger partial charge in [-0.3, -0.25) is 0 Å². The molecule has 2 rings (SSSR count). The van der Waals surface area contributed by atoms with Crippen molar-refractivity contribution in [1.29, 1.82) is 0 Å². The predicted molar refractivity (Wildman–Crippen MR) is 59.7 cm³/mol. The van der Waals surface area contributed by atoms with Gasteiger partial charge in [-0.05, 0) is 17.9 Å². The van der Waals surface area contributed by atoms with Crippen LogP contribution in [0.5, 0.6) is 0 Å². The van der Waals surface area contributed by atoms with Gasteiger partial charge in [0.2, 0.25) is 0 Å². The Hall–Kier alpha value is -0.710. The molecule has 0 spiro atoms. The number of hydrogen-bond acceptors (Lipinski definition) is 4. The Balaban J connectivity index is 2.45. The second-order valence-electron chi connectivity index (χ2n) is 3.06. The summed E-state index contributed by atoms with van der Waals surface area (Å²) in [5.74, 6) is 0. The van der Waals surface area contributed by atoms with Crippen LogP contribution in [0.1, 0.15) is 23.9 Å². The molecule has 1 N–H and O–H groups in total. The second kappa shape index (κ2) is 3.81. The maximum absolute atomic E-state index is 10.5. The van der Waals surface area contributed by atoms with Crippen LogP contribution in [-0.4, -0.2) is 10.1 Å². The van der Waals surface area contributed by atoms with Gasteiger partial charge in [0.1, 0.15) is 5.60 Å². The first-order valence-corrected chi connectivity index (χ1v) is 6.24. The highest BCUT2D eigenvalue weighted by atomic mass is 32.1. The molecule has 0 aromatic carbocycles. The monoisotopic (exact) mass is 225 g/mol. The fourth-order valence-corrected chi connectivity index (χ4v) is 2.94. The molecule has 2 aromatic heterocycles. The molecule has 0 radical (unpaired) electrons. The number of thiazole rings is 1. The van der Waals surface area contributed by atoms with Gasteiger partial charge in [-0.2, -0.15) is 0 Å². The summed E-state index contributed by atoms with van der Waals surface area (Å²) in [6.45, 7) is 1.97. The Morgan fingerprint density at radius 2 is 2.43 bits per heavy atom. The second-order valence-corrected chi connectivity index (χ2v) is 4.73. The lowest BCUT2D eigenvalue weighted by atomic mass is 9.95. The molecular formula is C10H11NOS2. The minimum absolute atomic E-state index is 0.650. The largest absolute Gasteiger partial charge is 0.378 e. The lowest BCUT2D eigenvalue weighted by molar-refractivity contribution is 0.0764. The molecule has 14 heavy (non-hydrogen) atoms. The minimum Gasteiger partial charge on any atom is -0.378 e. The number of aliphatic hydroxyl groups is 1. The quantitative estimate of drug-likeness (QED) is 0.871. The van der Waals surface area contributed by atoms with E-state index >= 15 is 0 Å². The Bertz CT molecular complexity index is 346. The van der Waals surface area contributed by atoms with E-state index in [9.17, 15) is 5.11 Å². The molecule has 0 saturated carbocycles. The standard InChI is InChI=1S/C10H11NOS2/c1-2-10(12,8-6-13-7-11-8)9-4-3-5-14-9/h3-7,12H,2H2,1H3. The summed E-state index contributed by atoms with van der Waals surface area (Å²) < 4.78 is 0. The van der Waals surface area contributed by atoms with Crippen LogP contribution in [0.15, 0.2) is 28.4 Å². The van der Waals surface area contributed by atoms with Gasteiger partial charge in [-0.1, -0.05) is 13.0 Å². The molecule has 0 amide bonds. The number of thiophene rings is 1. The highest BCUT2D eigenvalue weighted by molar-refractivity contribution is 7.10. The smallest absolute Gasteiger partial charge is 0.141 e. The summed E-state index contributed by atoms with van der Waals surface area (Å²) in [5, 5.41) is 14.4. The first-order chi connectivity index (χ1) is 6.77. The summed E-state index contributed by atoms with van der Waals surface area (Å²) in [6.07, 6.45) is 0.650. The van der Waals surface area contributed by atoms with Gasteiger partial charge >= 0.3 is 0 Å². The molecule has 0 aliphatic rings. The van der Waals surface area contributed by atoms with Crippen LogP contribution < -0.4 is 0 Å². The molecule has 0 bridgehead atoms. The van der Waals surface area contributed by atoms with Crippen LogP contribution in [0.3, 0.4) is 0 Å².